The van der Waals surface area contributed by atoms with E-state index in [2.05, 4.69) is 10.1 Å². The van der Waals surface area contributed by atoms with Crippen LogP contribution < -0.4 is 10.3 Å². The number of benzene rings is 3. The third-order valence-corrected chi connectivity index (χ3v) is 5.57. The van der Waals surface area contributed by atoms with Crippen molar-refractivity contribution in [3.63, 3.8) is 0 Å². The number of rotatable bonds is 6. The summed E-state index contributed by atoms with van der Waals surface area (Å²) >= 11 is 6.15. The fourth-order valence-electron chi connectivity index (χ4n) is 3.57. The van der Waals surface area contributed by atoms with Crippen molar-refractivity contribution in [2.24, 2.45) is 5.10 Å². The van der Waals surface area contributed by atoms with Crippen LogP contribution in [0.25, 0.3) is 33.5 Å². The van der Waals surface area contributed by atoms with Gasteiger partial charge in [0.2, 0.25) is 5.82 Å². The Balaban J connectivity index is 1.68. The summed E-state index contributed by atoms with van der Waals surface area (Å²) in [6.45, 7) is 1.41. The molecule has 0 spiro atoms. The topological polar surface area (TPSA) is 107 Å². The number of aliphatic carboxylic acids is 1. The predicted molar refractivity (Wildman–Crippen MR) is 133 cm³/mol. The summed E-state index contributed by atoms with van der Waals surface area (Å²) in [6.07, 6.45) is 0.277. The fraction of sp³-hybridized carbons (Fsp3) is 0.0769. The standard InChI is InChI=1S/C26H18ClN3O5/c1-15(26(32)33)34-22-11-10-18(27)12-17(22)14-28-30-24(23-13-16-6-2-5-9-21(16)35-23)29-20-8-4-3-7-19(20)25(30)31/h2-15H,1H3,(H,32,33)/t15-/m1/s1. The summed E-state index contributed by atoms with van der Waals surface area (Å²) in [5, 5.41) is 15.2. The smallest absolute Gasteiger partial charge is 0.344 e. The van der Waals surface area contributed by atoms with Crippen LogP contribution in [0.4, 0.5) is 0 Å². The van der Waals surface area contributed by atoms with Gasteiger partial charge in [-0.1, -0.05) is 41.9 Å². The number of fused-ring (bicyclic) bond motifs is 2. The van der Waals surface area contributed by atoms with Crippen LogP contribution in [0, 0.1) is 0 Å². The van der Waals surface area contributed by atoms with Crippen molar-refractivity contribution in [2.45, 2.75) is 13.0 Å². The second-order valence-electron chi connectivity index (χ2n) is 7.74. The third kappa shape index (κ3) is 4.39. The van der Waals surface area contributed by atoms with E-state index in [0.29, 0.717) is 32.8 Å². The molecule has 0 aliphatic rings. The van der Waals surface area contributed by atoms with Crippen molar-refractivity contribution < 1.29 is 19.1 Å². The van der Waals surface area contributed by atoms with Gasteiger partial charge in [0.05, 0.1) is 17.1 Å². The second kappa shape index (κ2) is 9.08. The highest BCUT2D eigenvalue weighted by atomic mass is 35.5. The van der Waals surface area contributed by atoms with Crippen molar-refractivity contribution in [1.29, 1.82) is 0 Å². The molecule has 8 nitrogen and oxygen atoms in total. The molecule has 174 valence electrons. The molecule has 0 amide bonds. The van der Waals surface area contributed by atoms with Crippen molar-refractivity contribution >= 4 is 45.7 Å². The van der Waals surface area contributed by atoms with E-state index in [9.17, 15) is 14.7 Å². The lowest BCUT2D eigenvalue weighted by molar-refractivity contribution is -0.144. The Morgan fingerprint density at radius 2 is 1.91 bits per heavy atom. The van der Waals surface area contributed by atoms with Gasteiger partial charge in [-0.15, -0.1) is 0 Å². The molecule has 35 heavy (non-hydrogen) atoms. The molecule has 2 heterocycles. The number of ether oxygens (including phenoxy) is 1. The van der Waals surface area contributed by atoms with E-state index in [4.69, 9.17) is 20.8 Å². The van der Waals surface area contributed by atoms with E-state index in [1.54, 1.807) is 48.5 Å². The molecule has 0 fully saturated rings. The molecule has 3 aromatic carbocycles. The normalized spacial score (nSPS) is 12.4. The average Bonchev–Trinajstić information content (AvgIpc) is 3.29. The number of carboxylic acids is 1. The first kappa shape index (κ1) is 22.4. The fourth-order valence-corrected chi connectivity index (χ4v) is 3.75. The van der Waals surface area contributed by atoms with Gasteiger partial charge in [0, 0.05) is 16.0 Å². The van der Waals surface area contributed by atoms with Crippen LogP contribution in [0.5, 0.6) is 5.75 Å². The van der Waals surface area contributed by atoms with Crippen molar-refractivity contribution in [2.75, 3.05) is 0 Å². The van der Waals surface area contributed by atoms with Gasteiger partial charge < -0.3 is 14.3 Å². The van der Waals surface area contributed by atoms with Gasteiger partial charge in [0.1, 0.15) is 11.3 Å². The van der Waals surface area contributed by atoms with Gasteiger partial charge in [-0.25, -0.2) is 9.78 Å². The maximum Gasteiger partial charge on any atom is 0.344 e. The molecular formula is C26H18ClN3O5. The molecule has 0 aliphatic heterocycles. The lowest BCUT2D eigenvalue weighted by atomic mass is 10.2. The Morgan fingerprint density at radius 3 is 2.71 bits per heavy atom. The van der Waals surface area contributed by atoms with E-state index in [1.165, 1.54) is 13.1 Å². The number of carbonyl (C=O) groups is 1. The molecule has 9 heteroatoms. The molecule has 5 aromatic rings. The highest BCUT2D eigenvalue weighted by Gasteiger charge is 2.18. The number of aromatic nitrogens is 2. The van der Waals surface area contributed by atoms with Gasteiger partial charge in [-0.2, -0.15) is 9.78 Å². The minimum atomic E-state index is -1.12. The highest BCUT2D eigenvalue weighted by molar-refractivity contribution is 6.30. The number of nitrogens with zero attached hydrogens (tertiary/aromatic N) is 3. The summed E-state index contributed by atoms with van der Waals surface area (Å²) < 4.78 is 12.6. The molecule has 0 saturated heterocycles. The Hall–Kier alpha value is -4.43. The van der Waals surface area contributed by atoms with Gasteiger partial charge in [0.15, 0.2) is 11.9 Å². The van der Waals surface area contributed by atoms with E-state index in [0.717, 1.165) is 10.1 Å². The maximum atomic E-state index is 13.4. The number of hydrogen-bond donors (Lipinski definition) is 1. The van der Waals surface area contributed by atoms with Crippen LogP contribution in [0.2, 0.25) is 5.02 Å². The summed E-state index contributed by atoms with van der Waals surface area (Å²) in [5.41, 5.74) is 1.14. The van der Waals surface area contributed by atoms with Crippen molar-refractivity contribution in [3.8, 4) is 17.3 Å². The number of furan rings is 1. The molecule has 1 atom stereocenters. The zero-order chi connectivity index (χ0) is 24.5. The van der Waals surface area contributed by atoms with Gasteiger partial charge in [-0.3, -0.25) is 4.79 Å². The SMILES string of the molecule is C[C@@H](Oc1ccc(Cl)cc1C=Nn1c(-c2cc3ccccc3o2)nc2ccccc2c1=O)C(=O)O. The van der Waals surface area contributed by atoms with Crippen LogP contribution in [0.15, 0.2) is 87.1 Å². The summed E-state index contributed by atoms with van der Waals surface area (Å²) in [4.78, 5) is 29.3. The van der Waals surface area contributed by atoms with Crippen molar-refractivity contribution in [3.05, 3.63) is 93.7 Å². The number of carboxylic acid groups (broad SMARTS) is 1. The zero-order valence-corrected chi connectivity index (χ0v) is 19.1. The summed E-state index contributed by atoms with van der Waals surface area (Å²) in [5.74, 6) is -0.289. The molecule has 2 aromatic heterocycles. The first-order chi connectivity index (χ1) is 16.9. The molecule has 1 N–H and O–H groups in total. The number of para-hydroxylation sites is 2. The Kier molecular flexibility index (Phi) is 5.80. The van der Waals surface area contributed by atoms with E-state index >= 15 is 0 Å². The van der Waals surface area contributed by atoms with Crippen LogP contribution >= 0.6 is 11.6 Å². The monoisotopic (exact) mass is 487 g/mol. The van der Waals surface area contributed by atoms with Crippen LogP contribution in [-0.2, 0) is 4.79 Å². The number of halogens is 1. The van der Waals surface area contributed by atoms with Gasteiger partial charge in [0.25, 0.3) is 5.56 Å². The average molecular weight is 488 g/mol. The lowest BCUT2D eigenvalue weighted by Crippen LogP contribution is -2.23. The van der Waals surface area contributed by atoms with E-state index in [1.807, 2.05) is 24.3 Å². The first-order valence-corrected chi connectivity index (χ1v) is 11.0. The van der Waals surface area contributed by atoms with Crippen LogP contribution in [0.1, 0.15) is 12.5 Å². The molecule has 0 aliphatic carbocycles. The molecule has 5 rings (SSSR count). The molecule has 0 unspecified atom stereocenters. The quantitative estimate of drug-likeness (QED) is 0.330. The zero-order valence-electron chi connectivity index (χ0n) is 18.4. The molecule has 0 saturated carbocycles. The Bertz CT molecular complexity index is 1640. The minimum absolute atomic E-state index is 0.213. The third-order valence-electron chi connectivity index (χ3n) is 5.34. The summed E-state index contributed by atoms with van der Waals surface area (Å²) in [6, 6.07) is 20.9. The van der Waals surface area contributed by atoms with Crippen molar-refractivity contribution in [1.82, 2.24) is 9.66 Å². The highest BCUT2D eigenvalue weighted by Crippen LogP contribution is 2.27. The predicted octanol–water partition coefficient (Wildman–Crippen LogP) is 5.20. The van der Waals surface area contributed by atoms with Crippen LogP contribution in [-0.4, -0.2) is 33.1 Å². The van der Waals surface area contributed by atoms with Crippen LogP contribution in [0.3, 0.4) is 0 Å². The molecular weight excluding hydrogens is 470 g/mol. The number of hydrogen-bond acceptors (Lipinski definition) is 6. The summed E-state index contributed by atoms with van der Waals surface area (Å²) in [7, 11) is 0. The van der Waals surface area contributed by atoms with Gasteiger partial charge in [-0.05, 0) is 49.4 Å². The maximum absolute atomic E-state index is 13.4. The van der Waals surface area contributed by atoms with E-state index < -0.39 is 17.6 Å². The molecule has 0 bridgehead atoms. The first-order valence-electron chi connectivity index (χ1n) is 10.6. The second-order valence-corrected chi connectivity index (χ2v) is 8.18. The van der Waals surface area contributed by atoms with E-state index in [-0.39, 0.29) is 11.6 Å². The van der Waals surface area contributed by atoms with Gasteiger partial charge >= 0.3 is 5.97 Å². The minimum Gasteiger partial charge on any atom is -0.479 e. The Morgan fingerprint density at radius 1 is 1.14 bits per heavy atom. The lowest BCUT2D eigenvalue weighted by Gasteiger charge is -2.13. The molecule has 0 radical (unpaired) electrons. The Labute approximate surface area is 203 Å². The largest absolute Gasteiger partial charge is 0.479 e.